The first-order valence-corrected chi connectivity index (χ1v) is 7.50. The molecule has 0 atom stereocenters. The van der Waals surface area contributed by atoms with Crippen LogP contribution in [0.3, 0.4) is 0 Å². The Hall–Kier alpha value is -0.480. The monoisotopic (exact) mass is 256 g/mol. The highest BCUT2D eigenvalue weighted by atomic mass is 32.2. The van der Waals surface area contributed by atoms with Crippen molar-refractivity contribution in [2.24, 2.45) is 0 Å². The molecule has 1 heterocycles. The minimum atomic E-state index is 0.799. The van der Waals surface area contributed by atoms with E-state index < -0.39 is 0 Å². The van der Waals surface area contributed by atoms with Gasteiger partial charge in [-0.2, -0.15) is 0 Å². The van der Waals surface area contributed by atoms with Crippen LogP contribution in [0.2, 0.25) is 0 Å². The molecule has 0 fully saturated rings. The van der Waals surface area contributed by atoms with Gasteiger partial charge in [-0.25, -0.2) is 4.98 Å². The summed E-state index contributed by atoms with van der Waals surface area (Å²) in [6, 6.07) is 0. The summed E-state index contributed by atoms with van der Waals surface area (Å²) in [7, 11) is 0. The number of hydrogen-bond donors (Lipinski definition) is 1. The van der Waals surface area contributed by atoms with Crippen LogP contribution in [0.25, 0.3) is 0 Å². The van der Waals surface area contributed by atoms with Crippen molar-refractivity contribution in [1.29, 1.82) is 0 Å². The number of aromatic nitrogens is 1. The highest BCUT2D eigenvalue weighted by Crippen LogP contribution is 2.19. The number of nitrogens with one attached hydrogen (secondary N) is 1. The van der Waals surface area contributed by atoms with E-state index in [9.17, 15) is 0 Å². The van der Waals surface area contributed by atoms with Crippen LogP contribution in [-0.4, -0.2) is 23.8 Å². The van der Waals surface area contributed by atoms with Gasteiger partial charge < -0.3 is 9.73 Å². The Balaban J connectivity index is 1.97. The highest BCUT2D eigenvalue weighted by Gasteiger charge is 2.04. The third kappa shape index (κ3) is 6.13. The maximum absolute atomic E-state index is 5.50. The van der Waals surface area contributed by atoms with Crippen molar-refractivity contribution in [1.82, 2.24) is 10.3 Å². The Labute approximate surface area is 109 Å². The van der Waals surface area contributed by atoms with E-state index in [2.05, 4.69) is 17.2 Å². The summed E-state index contributed by atoms with van der Waals surface area (Å²) in [5.74, 6) is 1.95. The summed E-state index contributed by atoms with van der Waals surface area (Å²) in [5, 5.41) is 4.24. The fourth-order valence-corrected chi connectivity index (χ4v) is 2.32. The smallest absolute Gasteiger partial charge is 0.256 e. The molecule has 1 rings (SSSR count). The van der Waals surface area contributed by atoms with Gasteiger partial charge in [0.15, 0.2) is 0 Å². The second-order valence-electron chi connectivity index (χ2n) is 4.28. The quantitative estimate of drug-likeness (QED) is 0.541. The zero-order valence-corrected chi connectivity index (χ0v) is 12.0. The average Bonchev–Trinajstić information content (AvgIpc) is 2.62. The number of hydrogen-bond acceptors (Lipinski definition) is 4. The molecule has 1 N–H and O–H groups in total. The number of rotatable bonds is 9. The zero-order chi connectivity index (χ0) is 12.5. The van der Waals surface area contributed by atoms with Gasteiger partial charge in [0.1, 0.15) is 5.76 Å². The predicted octanol–water partition coefficient (Wildman–Crippen LogP) is 3.55. The lowest BCUT2D eigenvalue weighted by Crippen LogP contribution is -2.18. The van der Waals surface area contributed by atoms with E-state index in [1.807, 2.05) is 13.8 Å². The second-order valence-corrected chi connectivity index (χ2v) is 5.33. The molecule has 0 aliphatic heterocycles. The van der Waals surface area contributed by atoms with Gasteiger partial charge >= 0.3 is 0 Å². The van der Waals surface area contributed by atoms with Crippen molar-refractivity contribution >= 4 is 11.8 Å². The molecular weight excluding hydrogens is 232 g/mol. The number of aryl methyl sites for hydroxylation is 2. The Bertz CT molecular complexity index is 293. The van der Waals surface area contributed by atoms with Gasteiger partial charge in [-0.3, -0.25) is 0 Å². The molecule has 0 aliphatic carbocycles. The molecule has 0 aromatic carbocycles. The van der Waals surface area contributed by atoms with Crippen LogP contribution in [0.5, 0.6) is 0 Å². The first-order valence-electron chi connectivity index (χ1n) is 6.51. The van der Waals surface area contributed by atoms with E-state index >= 15 is 0 Å². The van der Waals surface area contributed by atoms with Crippen LogP contribution >= 0.6 is 11.8 Å². The fourth-order valence-electron chi connectivity index (χ4n) is 1.52. The molecule has 1 aromatic rings. The molecule has 0 radical (unpaired) electrons. The lowest BCUT2D eigenvalue weighted by Gasteiger charge is -2.02. The van der Waals surface area contributed by atoms with Gasteiger partial charge in [0.25, 0.3) is 5.22 Å². The first kappa shape index (κ1) is 14.6. The minimum Gasteiger partial charge on any atom is -0.437 e. The van der Waals surface area contributed by atoms with Crippen molar-refractivity contribution in [3.8, 4) is 0 Å². The molecule has 0 aliphatic rings. The lowest BCUT2D eigenvalue weighted by molar-refractivity contribution is 0.431. The van der Waals surface area contributed by atoms with Crippen molar-refractivity contribution in [2.75, 3.05) is 18.8 Å². The third-order valence-electron chi connectivity index (χ3n) is 2.72. The number of oxazole rings is 1. The van der Waals surface area contributed by atoms with Crippen molar-refractivity contribution in [3.63, 3.8) is 0 Å². The van der Waals surface area contributed by atoms with Crippen LogP contribution < -0.4 is 5.32 Å². The Morgan fingerprint density at radius 3 is 2.65 bits per heavy atom. The number of nitrogens with zero attached hydrogens (tertiary/aromatic N) is 1. The third-order valence-corrected chi connectivity index (χ3v) is 3.55. The normalized spacial score (nSPS) is 11.0. The van der Waals surface area contributed by atoms with Crippen molar-refractivity contribution in [2.45, 2.75) is 51.7 Å². The molecule has 0 amide bonds. The Morgan fingerprint density at radius 2 is 2.00 bits per heavy atom. The van der Waals surface area contributed by atoms with Crippen molar-refractivity contribution in [3.05, 3.63) is 11.5 Å². The molecule has 0 bridgehead atoms. The summed E-state index contributed by atoms with van der Waals surface area (Å²) in [4.78, 5) is 4.34. The van der Waals surface area contributed by atoms with E-state index in [4.69, 9.17) is 4.42 Å². The van der Waals surface area contributed by atoms with Gasteiger partial charge in [-0.05, 0) is 26.8 Å². The summed E-state index contributed by atoms with van der Waals surface area (Å²) in [6.07, 6.45) is 5.29. The van der Waals surface area contributed by atoms with Gasteiger partial charge in [0, 0.05) is 12.3 Å². The van der Waals surface area contributed by atoms with E-state index in [0.29, 0.717) is 0 Å². The zero-order valence-electron chi connectivity index (χ0n) is 11.2. The van der Waals surface area contributed by atoms with Crippen LogP contribution in [0.15, 0.2) is 9.64 Å². The van der Waals surface area contributed by atoms with E-state index in [1.54, 1.807) is 11.8 Å². The maximum atomic E-state index is 5.50. The summed E-state index contributed by atoms with van der Waals surface area (Å²) in [5.41, 5.74) is 1.00. The molecule has 98 valence electrons. The topological polar surface area (TPSA) is 38.1 Å². The van der Waals surface area contributed by atoms with E-state index in [1.165, 1.54) is 25.7 Å². The molecule has 0 spiro atoms. The van der Waals surface area contributed by atoms with Crippen LogP contribution in [0, 0.1) is 13.8 Å². The molecule has 17 heavy (non-hydrogen) atoms. The van der Waals surface area contributed by atoms with E-state index in [0.717, 1.165) is 35.5 Å². The summed E-state index contributed by atoms with van der Waals surface area (Å²) in [6.45, 7) is 8.33. The summed E-state index contributed by atoms with van der Waals surface area (Å²) < 4.78 is 5.50. The van der Waals surface area contributed by atoms with Gasteiger partial charge in [0.2, 0.25) is 0 Å². The first-order chi connectivity index (χ1) is 8.24. The molecule has 0 saturated heterocycles. The molecule has 3 nitrogen and oxygen atoms in total. The van der Waals surface area contributed by atoms with Crippen LogP contribution in [0.1, 0.15) is 44.1 Å². The van der Waals surface area contributed by atoms with Crippen LogP contribution in [-0.2, 0) is 0 Å². The molecule has 4 heteroatoms. The van der Waals surface area contributed by atoms with Gasteiger partial charge in [0.05, 0.1) is 5.69 Å². The lowest BCUT2D eigenvalue weighted by atomic mass is 10.2. The largest absolute Gasteiger partial charge is 0.437 e. The standard InChI is InChI=1S/C13H24N2OS/c1-4-5-6-7-8-14-9-10-17-13-15-11(2)12(3)16-13/h14H,4-10H2,1-3H3. The predicted molar refractivity (Wildman–Crippen MR) is 73.7 cm³/mol. The molecular formula is C13H24N2OS. The maximum Gasteiger partial charge on any atom is 0.256 e. The van der Waals surface area contributed by atoms with Gasteiger partial charge in [-0.15, -0.1) is 0 Å². The molecule has 0 saturated carbocycles. The SMILES string of the molecule is CCCCCCNCCSc1nc(C)c(C)o1. The Morgan fingerprint density at radius 1 is 1.18 bits per heavy atom. The molecule has 0 unspecified atom stereocenters. The summed E-state index contributed by atoms with van der Waals surface area (Å²) >= 11 is 1.68. The minimum absolute atomic E-state index is 0.799. The molecule has 1 aromatic heterocycles. The number of thioether (sulfide) groups is 1. The second kappa shape index (κ2) is 8.59. The fraction of sp³-hybridized carbons (Fsp3) is 0.769. The number of unbranched alkanes of at least 4 members (excludes halogenated alkanes) is 3. The van der Waals surface area contributed by atoms with Gasteiger partial charge in [-0.1, -0.05) is 37.9 Å². The average molecular weight is 256 g/mol. The Kier molecular flexibility index (Phi) is 7.37. The van der Waals surface area contributed by atoms with Crippen LogP contribution in [0.4, 0.5) is 0 Å². The van der Waals surface area contributed by atoms with Crippen molar-refractivity contribution < 1.29 is 4.42 Å². The highest BCUT2D eigenvalue weighted by molar-refractivity contribution is 7.99. The van der Waals surface area contributed by atoms with E-state index in [-0.39, 0.29) is 0 Å².